The van der Waals surface area contributed by atoms with Crippen LogP contribution in [0.2, 0.25) is 5.02 Å². The van der Waals surface area contributed by atoms with Gasteiger partial charge in [0.1, 0.15) is 0 Å². The van der Waals surface area contributed by atoms with E-state index in [0.29, 0.717) is 22.0 Å². The minimum atomic E-state index is -3.25. The van der Waals surface area contributed by atoms with E-state index in [1.165, 1.54) is 6.26 Å². The zero-order valence-corrected chi connectivity index (χ0v) is 13.6. The van der Waals surface area contributed by atoms with E-state index in [0.717, 1.165) is 32.4 Å². The third-order valence-corrected chi connectivity index (χ3v) is 4.51. The molecule has 0 unspecified atom stereocenters. The molecule has 4 nitrogen and oxygen atoms in total. The van der Waals surface area contributed by atoms with Crippen molar-refractivity contribution in [1.29, 1.82) is 0 Å². The lowest BCUT2D eigenvalue weighted by Gasteiger charge is -2.11. The summed E-state index contributed by atoms with van der Waals surface area (Å²) in [7, 11) is -1.55. The van der Waals surface area contributed by atoms with E-state index in [1.54, 1.807) is 25.3 Å². The fourth-order valence-corrected chi connectivity index (χ4v) is 3.20. The van der Waals surface area contributed by atoms with Crippen molar-refractivity contribution in [3.8, 4) is 0 Å². The molecule has 20 heavy (non-hydrogen) atoms. The maximum absolute atomic E-state index is 11.7. The molecule has 0 aliphatic heterocycles. The summed E-state index contributed by atoms with van der Waals surface area (Å²) in [6.45, 7) is 2.08. The molecule has 0 spiro atoms. The maximum Gasteiger partial charge on any atom is 0.175 e. The quantitative estimate of drug-likeness (QED) is 0.711. The Labute approximate surface area is 126 Å². The van der Waals surface area contributed by atoms with Gasteiger partial charge in [-0.1, -0.05) is 17.7 Å². The van der Waals surface area contributed by atoms with Gasteiger partial charge in [0.2, 0.25) is 0 Å². The Hall–Kier alpha value is -0.620. The van der Waals surface area contributed by atoms with Crippen LogP contribution in [0.4, 0.5) is 0 Å². The molecule has 0 atom stereocenters. The molecule has 0 aromatic heterocycles. The lowest BCUT2D eigenvalue weighted by Crippen LogP contribution is -2.17. The fraction of sp³-hybridized carbons (Fsp3) is 0.571. The summed E-state index contributed by atoms with van der Waals surface area (Å²) in [5, 5.41) is 3.73. The highest BCUT2D eigenvalue weighted by atomic mass is 35.5. The number of methoxy groups -OCH3 is 1. The number of unbranched alkanes of at least 4 members (excludes halogenated alkanes) is 2. The van der Waals surface area contributed by atoms with Gasteiger partial charge in [0.05, 0.1) is 4.90 Å². The number of benzene rings is 1. The number of rotatable bonds is 9. The molecule has 0 radical (unpaired) electrons. The van der Waals surface area contributed by atoms with E-state index < -0.39 is 9.84 Å². The summed E-state index contributed by atoms with van der Waals surface area (Å²) in [6.07, 6.45) is 4.36. The van der Waals surface area contributed by atoms with Crippen LogP contribution in [0.15, 0.2) is 23.1 Å². The highest BCUT2D eigenvalue weighted by molar-refractivity contribution is 7.90. The van der Waals surface area contributed by atoms with E-state index in [9.17, 15) is 8.42 Å². The monoisotopic (exact) mass is 319 g/mol. The average Bonchev–Trinajstić information content (AvgIpc) is 2.38. The van der Waals surface area contributed by atoms with Crippen LogP contribution in [0.1, 0.15) is 24.8 Å². The molecule has 0 heterocycles. The summed E-state index contributed by atoms with van der Waals surface area (Å²) >= 11 is 6.10. The van der Waals surface area contributed by atoms with Crippen molar-refractivity contribution >= 4 is 21.4 Å². The van der Waals surface area contributed by atoms with Crippen molar-refractivity contribution < 1.29 is 13.2 Å². The molecular weight excluding hydrogens is 298 g/mol. The fourth-order valence-electron chi connectivity index (χ4n) is 1.94. The molecule has 0 amide bonds. The second-order valence-corrected chi connectivity index (χ2v) is 7.11. The normalized spacial score (nSPS) is 11.8. The molecule has 0 aliphatic carbocycles. The molecule has 0 saturated carbocycles. The first kappa shape index (κ1) is 17.4. The number of nitrogens with one attached hydrogen (secondary N) is 1. The van der Waals surface area contributed by atoms with Crippen molar-refractivity contribution in [2.45, 2.75) is 30.7 Å². The Balaban J connectivity index is 2.52. The smallest absolute Gasteiger partial charge is 0.175 e. The van der Waals surface area contributed by atoms with E-state index in [-0.39, 0.29) is 0 Å². The Morgan fingerprint density at radius 3 is 2.65 bits per heavy atom. The lowest BCUT2D eigenvalue weighted by atomic mass is 10.2. The van der Waals surface area contributed by atoms with Gasteiger partial charge < -0.3 is 10.1 Å². The van der Waals surface area contributed by atoms with Gasteiger partial charge in [-0.15, -0.1) is 0 Å². The van der Waals surface area contributed by atoms with Crippen molar-refractivity contribution in [3.63, 3.8) is 0 Å². The van der Waals surface area contributed by atoms with Gasteiger partial charge in [-0.25, -0.2) is 8.42 Å². The number of hydrogen-bond acceptors (Lipinski definition) is 4. The summed E-state index contributed by atoms with van der Waals surface area (Å²) in [5.41, 5.74) is 0.647. The van der Waals surface area contributed by atoms with Gasteiger partial charge in [-0.3, -0.25) is 0 Å². The van der Waals surface area contributed by atoms with Crippen LogP contribution >= 0.6 is 11.6 Å². The van der Waals surface area contributed by atoms with Crippen LogP contribution in [0.5, 0.6) is 0 Å². The lowest BCUT2D eigenvalue weighted by molar-refractivity contribution is 0.192. The second-order valence-electron chi connectivity index (χ2n) is 4.72. The van der Waals surface area contributed by atoms with Gasteiger partial charge >= 0.3 is 0 Å². The van der Waals surface area contributed by atoms with E-state index in [2.05, 4.69) is 5.32 Å². The average molecular weight is 320 g/mol. The van der Waals surface area contributed by atoms with Crippen LogP contribution < -0.4 is 5.32 Å². The topological polar surface area (TPSA) is 55.4 Å². The number of sulfone groups is 1. The van der Waals surface area contributed by atoms with Crippen molar-refractivity contribution in [1.82, 2.24) is 5.32 Å². The molecule has 0 bridgehead atoms. The van der Waals surface area contributed by atoms with Gasteiger partial charge in [-0.2, -0.15) is 0 Å². The SMILES string of the molecule is COCCCCCNCc1c(Cl)cccc1S(C)(=O)=O. The first-order valence-corrected chi connectivity index (χ1v) is 8.91. The molecular formula is C14H22ClNO3S. The number of hydrogen-bond donors (Lipinski definition) is 1. The molecule has 0 fully saturated rings. The van der Waals surface area contributed by atoms with Crippen LogP contribution in [-0.2, 0) is 21.1 Å². The number of halogens is 1. The Kier molecular flexibility index (Phi) is 7.51. The maximum atomic E-state index is 11.7. The summed E-state index contributed by atoms with van der Waals surface area (Å²) < 4.78 is 28.4. The number of ether oxygens (including phenoxy) is 1. The predicted molar refractivity (Wildman–Crippen MR) is 82.0 cm³/mol. The van der Waals surface area contributed by atoms with E-state index in [4.69, 9.17) is 16.3 Å². The highest BCUT2D eigenvalue weighted by Crippen LogP contribution is 2.23. The summed E-state index contributed by atoms with van der Waals surface area (Å²) in [5.74, 6) is 0. The summed E-state index contributed by atoms with van der Waals surface area (Å²) in [4.78, 5) is 0.303. The summed E-state index contributed by atoms with van der Waals surface area (Å²) in [6, 6.07) is 4.97. The molecule has 0 aliphatic rings. The van der Waals surface area contributed by atoms with Gasteiger partial charge in [0.25, 0.3) is 0 Å². The Bertz CT molecular complexity index is 517. The molecule has 1 aromatic rings. The molecule has 0 saturated heterocycles. The van der Waals surface area contributed by atoms with Crippen molar-refractivity contribution in [2.75, 3.05) is 26.5 Å². The van der Waals surface area contributed by atoms with Crippen molar-refractivity contribution in [2.24, 2.45) is 0 Å². The van der Waals surface area contributed by atoms with Crippen LogP contribution in [-0.4, -0.2) is 34.9 Å². The second kappa shape index (κ2) is 8.62. The standard InChI is InChI=1S/C14H22ClNO3S/c1-19-10-5-3-4-9-16-11-12-13(15)7-6-8-14(12)20(2,17)18/h6-8,16H,3-5,9-11H2,1-2H3. The largest absolute Gasteiger partial charge is 0.385 e. The molecule has 6 heteroatoms. The van der Waals surface area contributed by atoms with Gasteiger partial charge in [0, 0.05) is 37.1 Å². The zero-order valence-electron chi connectivity index (χ0n) is 12.0. The molecule has 1 rings (SSSR count). The van der Waals surface area contributed by atoms with Crippen LogP contribution in [0, 0.1) is 0 Å². The van der Waals surface area contributed by atoms with Crippen LogP contribution in [0.25, 0.3) is 0 Å². The first-order valence-electron chi connectivity index (χ1n) is 6.64. The predicted octanol–water partition coefficient (Wildman–Crippen LogP) is 2.65. The molecule has 1 aromatic carbocycles. The van der Waals surface area contributed by atoms with E-state index >= 15 is 0 Å². The highest BCUT2D eigenvalue weighted by Gasteiger charge is 2.15. The third-order valence-electron chi connectivity index (χ3n) is 2.98. The first-order chi connectivity index (χ1) is 9.46. The molecule has 114 valence electrons. The van der Waals surface area contributed by atoms with E-state index in [1.807, 2.05) is 0 Å². The minimum absolute atomic E-state index is 0.303. The Morgan fingerprint density at radius 2 is 2.00 bits per heavy atom. The zero-order chi connectivity index (χ0) is 15.0. The van der Waals surface area contributed by atoms with Crippen LogP contribution in [0.3, 0.4) is 0 Å². The van der Waals surface area contributed by atoms with Gasteiger partial charge in [0.15, 0.2) is 9.84 Å². The van der Waals surface area contributed by atoms with Crippen molar-refractivity contribution in [3.05, 3.63) is 28.8 Å². The van der Waals surface area contributed by atoms with Gasteiger partial charge in [-0.05, 0) is 37.9 Å². The molecule has 1 N–H and O–H groups in total. The Morgan fingerprint density at radius 1 is 1.25 bits per heavy atom. The third kappa shape index (κ3) is 5.79. The minimum Gasteiger partial charge on any atom is -0.385 e.